The highest BCUT2D eigenvalue weighted by Crippen LogP contribution is 2.66. The second kappa shape index (κ2) is 4.35. The molecule has 0 amide bonds. The number of nitrogens with two attached hydrogens (primary N) is 1. The maximum absolute atomic E-state index is 12.0. The maximum Gasteiger partial charge on any atom is 0.344 e. The second-order valence-electron chi connectivity index (χ2n) is 6.15. The molecule has 1 aromatic rings. The maximum atomic E-state index is 12.0. The Kier molecular flexibility index (Phi) is 2.70. The average Bonchev–Trinajstić information content (AvgIpc) is 2.80. The first-order valence-corrected chi connectivity index (χ1v) is 8.16. The zero-order chi connectivity index (χ0) is 13.9. The Hall–Kier alpha value is -1.30. The van der Waals surface area contributed by atoms with Crippen LogP contribution in [0.4, 0.5) is 10.8 Å². The predicted octanol–water partition coefficient (Wildman–Crippen LogP) is 2.36. The lowest BCUT2D eigenvalue weighted by molar-refractivity contribution is 0.0529. The molecule has 3 N–H and O–H groups in total. The van der Waals surface area contributed by atoms with Crippen LogP contribution in [0, 0.1) is 23.7 Å². The lowest BCUT2D eigenvalue weighted by atomic mass is 10.0. The van der Waals surface area contributed by atoms with Crippen LogP contribution in [0.5, 0.6) is 0 Å². The number of nitrogen functional groups attached to an aromatic ring is 1. The van der Waals surface area contributed by atoms with E-state index >= 15 is 0 Å². The van der Waals surface area contributed by atoms with Gasteiger partial charge in [0.05, 0.1) is 6.61 Å². The van der Waals surface area contributed by atoms with Gasteiger partial charge in [-0.25, -0.2) is 4.79 Å². The lowest BCUT2D eigenvalue weighted by Gasteiger charge is -2.11. The number of hydrogen-bond donors (Lipinski definition) is 2. The molecule has 0 radical (unpaired) electrons. The van der Waals surface area contributed by atoms with Crippen LogP contribution in [0.15, 0.2) is 0 Å². The standard InChI is InChI=1S/C14H19N3O2S/c1-2-19-14(18)10-12(15)17-20-13(10)16-11-8-6-3-4-7(5-6)9(8)11/h6-9,11,16H,2-5H2,1H3,(H2,15,17). The Morgan fingerprint density at radius 1 is 1.45 bits per heavy atom. The van der Waals surface area contributed by atoms with Crippen LogP contribution in [-0.2, 0) is 4.74 Å². The predicted molar refractivity (Wildman–Crippen MR) is 77.7 cm³/mol. The molecule has 3 aliphatic rings. The Morgan fingerprint density at radius 2 is 2.15 bits per heavy atom. The molecular formula is C14H19N3O2S. The Bertz CT molecular complexity index is 543. The number of nitrogens with one attached hydrogen (secondary N) is 1. The molecule has 108 valence electrons. The van der Waals surface area contributed by atoms with Crippen LogP contribution >= 0.6 is 11.5 Å². The molecule has 0 aliphatic heterocycles. The number of ether oxygens (including phenoxy) is 1. The molecule has 3 saturated carbocycles. The third kappa shape index (κ3) is 1.67. The highest BCUT2D eigenvalue weighted by atomic mass is 32.1. The fraction of sp³-hybridized carbons (Fsp3) is 0.714. The van der Waals surface area contributed by atoms with Crippen molar-refractivity contribution in [3.63, 3.8) is 0 Å². The van der Waals surface area contributed by atoms with E-state index in [2.05, 4.69) is 9.69 Å². The Labute approximate surface area is 122 Å². The van der Waals surface area contributed by atoms with E-state index < -0.39 is 0 Å². The Balaban J connectivity index is 1.52. The van der Waals surface area contributed by atoms with E-state index in [0.29, 0.717) is 18.2 Å². The van der Waals surface area contributed by atoms with E-state index in [1.54, 1.807) is 6.92 Å². The summed E-state index contributed by atoms with van der Waals surface area (Å²) in [4.78, 5) is 12.0. The molecule has 0 spiro atoms. The molecular weight excluding hydrogens is 274 g/mol. The van der Waals surface area contributed by atoms with Gasteiger partial charge in [-0.15, -0.1) is 0 Å². The molecule has 3 aliphatic carbocycles. The van der Waals surface area contributed by atoms with E-state index in [9.17, 15) is 4.79 Å². The number of nitrogens with zero attached hydrogens (tertiary/aromatic N) is 1. The number of esters is 1. The molecule has 0 aromatic carbocycles. The Morgan fingerprint density at radius 3 is 2.80 bits per heavy atom. The van der Waals surface area contributed by atoms with Gasteiger partial charge in [-0.2, -0.15) is 4.37 Å². The van der Waals surface area contributed by atoms with Crippen molar-refractivity contribution in [2.75, 3.05) is 17.7 Å². The highest BCUT2D eigenvalue weighted by molar-refractivity contribution is 7.11. The average molecular weight is 293 g/mol. The molecule has 2 bridgehead atoms. The topological polar surface area (TPSA) is 77.2 Å². The molecule has 1 heterocycles. The van der Waals surface area contributed by atoms with Gasteiger partial charge >= 0.3 is 5.97 Å². The molecule has 0 saturated heterocycles. The van der Waals surface area contributed by atoms with Crippen molar-refractivity contribution in [2.24, 2.45) is 23.7 Å². The van der Waals surface area contributed by atoms with Gasteiger partial charge in [0.15, 0.2) is 5.82 Å². The van der Waals surface area contributed by atoms with Crippen molar-refractivity contribution in [2.45, 2.75) is 32.2 Å². The second-order valence-corrected chi connectivity index (χ2v) is 6.92. The van der Waals surface area contributed by atoms with Gasteiger partial charge in [0.2, 0.25) is 0 Å². The molecule has 4 unspecified atom stereocenters. The first kappa shape index (κ1) is 12.4. The van der Waals surface area contributed by atoms with E-state index in [1.165, 1.54) is 30.8 Å². The van der Waals surface area contributed by atoms with Crippen molar-refractivity contribution in [3.8, 4) is 0 Å². The minimum absolute atomic E-state index is 0.282. The van der Waals surface area contributed by atoms with E-state index in [4.69, 9.17) is 10.5 Å². The van der Waals surface area contributed by atoms with Crippen LogP contribution in [0.2, 0.25) is 0 Å². The molecule has 1 aromatic heterocycles. The fourth-order valence-electron chi connectivity index (χ4n) is 4.47. The number of hydrogen-bond acceptors (Lipinski definition) is 6. The smallest absolute Gasteiger partial charge is 0.344 e. The number of carbonyl (C=O) groups is 1. The summed E-state index contributed by atoms with van der Waals surface area (Å²) < 4.78 is 9.17. The van der Waals surface area contributed by atoms with Gasteiger partial charge in [0.1, 0.15) is 10.6 Å². The molecule has 20 heavy (non-hydrogen) atoms. The normalized spacial score (nSPS) is 36.8. The monoisotopic (exact) mass is 293 g/mol. The van der Waals surface area contributed by atoms with Crippen LogP contribution in [0.3, 0.4) is 0 Å². The molecule has 5 nitrogen and oxygen atoms in total. The SMILES string of the molecule is CCOC(=O)c1c(N)nsc1NC1C2C3CCC(C3)C12. The first-order valence-electron chi connectivity index (χ1n) is 7.39. The molecule has 4 atom stereocenters. The zero-order valence-electron chi connectivity index (χ0n) is 11.5. The van der Waals surface area contributed by atoms with Gasteiger partial charge in [-0.1, -0.05) is 0 Å². The first-order chi connectivity index (χ1) is 9.70. The van der Waals surface area contributed by atoms with Crippen molar-refractivity contribution in [1.82, 2.24) is 4.37 Å². The fourth-order valence-corrected chi connectivity index (χ4v) is 5.22. The molecule has 3 fully saturated rings. The van der Waals surface area contributed by atoms with Crippen molar-refractivity contribution in [1.29, 1.82) is 0 Å². The zero-order valence-corrected chi connectivity index (χ0v) is 12.3. The van der Waals surface area contributed by atoms with Crippen LogP contribution < -0.4 is 11.1 Å². The summed E-state index contributed by atoms with van der Waals surface area (Å²) in [5, 5.41) is 4.31. The number of aromatic nitrogens is 1. The molecule has 4 rings (SSSR count). The van der Waals surface area contributed by atoms with Gasteiger partial charge in [0.25, 0.3) is 0 Å². The van der Waals surface area contributed by atoms with E-state index in [1.807, 2.05) is 0 Å². The van der Waals surface area contributed by atoms with Gasteiger partial charge < -0.3 is 15.8 Å². The van der Waals surface area contributed by atoms with E-state index in [-0.39, 0.29) is 11.8 Å². The van der Waals surface area contributed by atoms with Gasteiger partial charge in [-0.05, 0) is 61.4 Å². The summed E-state index contributed by atoms with van der Waals surface area (Å²) in [5.74, 6) is 3.34. The summed E-state index contributed by atoms with van der Waals surface area (Å²) in [6.45, 7) is 2.15. The van der Waals surface area contributed by atoms with Crippen LogP contribution in [0.1, 0.15) is 36.5 Å². The highest BCUT2D eigenvalue weighted by Gasteiger charge is 2.65. The minimum atomic E-state index is -0.366. The number of carbonyl (C=O) groups excluding carboxylic acids is 1. The number of fused-ring (bicyclic) bond motifs is 5. The third-order valence-electron chi connectivity index (χ3n) is 5.23. The number of rotatable bonds is 4. The summed E-state index contributed by atoms with van der Waals surface area (Å²) in [6.07, 6.45) is 4.20. The summed E-state index contributed by atoms with van der Waals surface area (Å²) >= 11 is 1.27. The summed E-state index contributed by atoms with van der Waals surface area (Å²) in [5.41, 5.74) is 6.24. The summed E-state index contributed by atoms with van der Waals surface area (Å²) in [6, 6.07) is 0.522. The van der Waals surface area contributed by atoms with Gasteiger partial charge in [0, 0.05) is 6.04 Å². The van der Waals surface area contributed by atoms with Gasteiger partial charge in [-0.3, -0.25) is 0 Å². The lowest BCUT2D eigenvalue weighted by Crippen LogP contribution is -2.15. The van der Waals surface area contributed by atoms with Crippen molar-refractivity contribution < 1.29 is 9.53 Å². The van der Waals surface area contributed by atoms with Crippen molar-refractivity contribution in [3.05, 3.63) is 5.56 Å². The van der Waals surface area contributed by atoms with Crippen LogP contribution in [-0.4, -0.2) is 23.0 Å². The quantitative estimate of drug-likeness (QED) is 0.833. The van der Waals surface area contributed by atoms with Crippen LogP contribution in [0.25, 0.3) is 0 Å². The number of anilines is 2. The third-order valence-corrected chi connectivity index (χ3v) is 6.02. The largest absolute Gasteiger partial charge is 0.462 e. The van der Waals surface area contributed by atoms with Crippen molar-refractivity contribution >= 4 is 28.3 Å². The molecule has 6 heteroatoms. The van der Waals surface area contributed by atoms with E-state index in [0.717, 1.165) is 28.7 Å². The minimum Gasteiger partial charge on any atom is -0.462 e. The summed E-state index contributed by atoms with van der Waals surface area (Å²) in [7, 11) is 0.